The zero-order valence-corrected chi connectivity index (χ0v) is 10.4. The van der Waals surface area contributed by atoms with Crippen LogP contribution in [0.5, 0.6) is 17.2 Å². The van der Waals surface area contributed by atoms with Gasteiger partial charge in [0.25, 0.3) is 0 Å². The van der Waals surface area contributed by atoms with Gasteiger partial charge in [0.2, 0.25) is 5.75 Å². The van der Waals surface area contributed by atoms with Crippen LogP contribution in [0.15, 0.2) is 18.3 Å². The number of carbonyl (C=O) groups is 1. The highest BCUT2D eigenvalue weighted by Crippen LogP contribution is 2.38. The fourth-order valence-electron chi connectivity index (χ4n) is 1.41. The van der Waals surface area contributed by atoms with Crippen LogP contribution in [-0.4, -0.2) is 32.5 Å². The Morgan fingerprint density at radius 2 is 1.72 bits per heavy atom. The molecule has 0 fully saturated rings. The van der Waals surface area contributed by atoms with Gasteiger partial charge in [0.1, 0.15) is 0 Å². The van der Waals surface area contributed by atoms with Crippen LogP contribution in [0.3, 0.4) is 0 Å². The van der Waals surface area contributed by atoms with Gasteiger partial charge in [-0.2, -0.15) is 0 Å². The minimum Gasteiger partial charge on any atom is -0.493 e. The van der Waals surface area contributed by atoms with Crippen molar-refractivity contribution in [2.45, 2.75) is 0 Å². The largest absolute Gasteiger partial charge is 0.493 e. The fraction of sp³-hybridized carbons (Fsp3) is 0.250. The third kappa shape index (κ3) is 3.31. The maximum absolute atomic E-state index is 10.3. The molecule has 0 aliphatic heterocycles. The average molecular weight is 253 g/mol. The molecule has 18 heavy (non-hydrogen) atoms. The summed E-state index contributed by atoms with van der Waals surface area (Å²) in [7, 11) is 4.54. The van der Waals surface area contributed by atoms with Gasteiger partial charge in [-0.1, -0.05) is 0 Å². The lowest BCUT2D eigenvalue weighted by Gasteiger charge is -2.12. The molecule has 0 aliphatic rings. The monoisotopic (exact) mass is 253 g/mol. The van der Waals surface area contributed by atoms with E-state index < -0.39 is 6.09 Å². The zero-order chi connectivity index (χ0) is 13.5. The number of methoxy groups -OCH3 is 3. The fourth-order valence-corrected chi connectivity index (χ4v) is 1.41. The quantitative estimate of drug-likeness (QED) is 0.838. The standard InChI is InChI=1S/C12H15NO5/c1-16-9-6-8(4-5-13-12(14)15)7-10(17-2)11(9)18-3/h4-7,13H,1-3H3,(H,14,15)/b5-4+. The van der Waals surface area contributed by atoms with E-state index in [2.05, 4.69) is 5.32 Å². The van der Waals surface area contributed by atoms with Crippen molar-refractivity contribution in [3.8, 4) is 17.2 Å². The van der Waals surface area contributed by atoms with Gasteiger partial charge >= 0.3 is 6.09 Å². The number of amides is 1. The van der Waals surface area contributed by atoms with Crippen LogP contribution in [0.25, 0.3) is 6.08 Å². The molecule has 0 unspecified atom stereocenters. The smallest absolute Gasteiger partial charge is 0.408 e. The summed E-state index contributed by atoms with van der Waals surface area (Å²) in [6, 6.07) is 3.42. The van der Waals surface area contributed by atoms with Crippen molar-refractivity contribution < 1.29 is 24.1 Å². The predicted octanol–water partition coefficient (Wildman–Crippen LogP) is 1.95. The van der Waals surface area contributed by atoms with Gasteiger partial charge in [-0.05, 0) is 23.8 Å². The Balaban J connectivity index is 3.07. The summed E-state index contributed by atoms with van der Waals surface area (Å²) in [5, 5.41) is 10.6. The molecule has 1 aromatic carbocycles. The van der Waals surface area contributed by atoms with E-state index in [9.17, 15) is 4.79 Å². The highest BCUT2D eigenvalue weighted by molar-refractivity contribution is 5.68. The van der Waals surface area contributed by atoms with Gasteiger partial charge in [-0.25, -0.2) is 4.79 Å². The van der Waals surface area contributed by atoms with Crippen molar-refractivity contribution in [2.75, 3.05) is 21.3 Å². The first kappa shape index (κ1) is 13.7. The van der Waals surface area contributed by atoms with Crippen molar-refractivity contribution in [3.05, 3.63) is 23.9 Å². The molecule has 0 radical (unpaired) electrons. The van der Waals surface area contributed by atoms with Gasteiger partial charge in [0.05, 0.1) is 21.3 Å². The second-order valence-electron chi connectivity index (χ2n) is 3.24. The summed E-state index contributed by atoms with van der Waals surface area (Å²) in [5.41, 5.74) is 0.721. The first-order chi connectivity index (χ1) is 8.62. The molecular weight excluding hydrogens is 238 g/mol. The molecule has 0 saturated carbocycles. The van der Waals surface area contributed by atoms with E-state index in [1.165, 1.54) is 27.5 Å². The molecule has 0 aliphatic carbocycles. The van der Waals surface area contributed by atoms with Crippen LogP contribution in [-0.2, 0) is 0 Å². The van der Waals surface area contributed by atoms with Gasteiger partial charge < -0.3 is 19.3 Å². The maximum atomic E-state index is 10.3. The predicted molar refractivity (Wildman–Crippen MR) is 66.3 cm³/mol. The van der Waals surface area contributed by atoms with Crippen molar-refractivity contribution in [3.63, 3.8) is 0 Å². The number of carboxylic acid groups (broad SMARTS) is 1. The molecule has 0 heterocycles. The highest BCUT2D eigenvalue weighted by Gasteiger charge is 2.11. The highest BCUT2D eigenvalue weighted by atomic mass is 16.5. The lowest BCUT2D eigenvalue weighted by molar-refractivity contribution is 0.198. The number of rotatable bonds is 5. The first-order valence-corrected chi connectivity index (χ1v) is 5.08. The Hall–Kier alpha value is -2.37. The van der Waals surface area contributed by atoms with Gasteiger partial charge in [0, 0.05) is 6.20 Å². The van der Waals surface area contributed by atoms with Crippen LogP contribution in [0.2, 0.25) is 0 Å². The van der Waals surface area contributed by atoms with Crippen molar-refractivity contribution in [1.29, 1.82) is 0 Å². The molecule has 1 amide bonds. The minimum atomic E-state index is -1.13. The van der Waals surface area contributed by atoms with E-state index in [1.54, 1.807) is 18.2 Å². The summed E-state index contributed by atoms with van der Waals surface area (Å²) >= 11 is 0. The van der Waals surface area contributed by atoms with E-state index in [-0.39, 0.29) is 0 Å². The molecule has 0 saturated heterocycles. The van der Waals surface area contributed by atoms with Crippen molar-refractivity contribution in [1.82, 2.24) is 5.32 Å². The lowest BCUT2D eigenvalue weighted by Crippen LogP contribution is -2.12. The van der Waals surface area contributed by atoms with Crippen molar-refractivity contribution >= 4 is 12.2 Å². The van der Waals surface area contributed by atoms with E-state index in [1.807, 2.05) is 0 Å². The van der Waals surface area contributed by atoms with Crippen LogP contribution in [0, 0.1) is 0 Å². The average Bonchev–Trinajstić information content (AvgIpc) is 2.36. The Morgan fingerprint density at radius 3 is 2.11 bits per heavy atom. The normalized spacial score (nSPS) is 10.2. The molecule has 0 spiro atoms. The number of benzene rings is 1. The summed E-state index contributed by atoms with van der Waals surface area (Å²) in [6.45, 7) is 0. The Bertz CT molecular complexity index is 431. The van der Waals surface area contributed by atoms with Gasteiger partial charge in [-0.3, -0.25) is 5.32 Å². The number of ether oxygens (including phenoxy) is 3. The topological polar surface area (TPSA) is 77.0 Å². The number of hydrogen-bond donors (Lipinski definition) is 2. The molecule has 2 N–H and O–H groups in total. The summed E-state index contributed by atoms with van der Waals surface area (Å²) in [4.78, 5) is 10.3. The molecular formula is C12H15NO5. The molecule has 1 aromatic rings. The van der Waals surface area contributed by atoms with Crippen LogP contribution >= 0.6 is 0 Å². The molecule has 0 bridgehead atoms. The van der Waals surface area contributed by atoms with Crippen LogP contribution in [0.4, 0.5) is 4.79 Å². The second kappa shape index (κ2) is 6.39. The zero-order valence-electron chi connectivity index (χ0n) is 10.4. The minimum absolute atomic E-state index is 0.489. The lowest BCUT2D eigenvalue weighted by atomic mass is 10.2. The van der Waals surface area contributed by atoms with E-state index in [0.29, 0.717) is 17.2 Å². The summed E-state index contributed by atoms with van der Waals surface area (Å²) < 4.78 is 15.5. The molecule has 1 rings (SSSR count). The molecule has 6 nitrogen and oxygen atoms in total. The van der Waals surface area contributed by atoms with E-state index >= 15 is 0 Å². The SMILES string of the molecule is COc1cc(/C=C/NC(=O)O)cc(OC)c1OC. The van der Waals surface area contributed by atoms with E-state index in [0.717, 1.165) is 5.56 Å². The number of hydrogen-bond acceptors (Lipinski definition) is 4. The van der Waals surface area contributed by atoms with Gasteiger partial charge in [0.15, 0.2) is 11.5 Å². The van der Waals surface area contributed by atoms with Crippen LogP contribution < -0.4 is 19.5 Å². The summed E-state index contributed by atoms with van der Waals surface area (Å²) in [5.74, 6) is 1.50. The second-order valence-corrected chi connectivity index (χ2v) is 3.24. The Kier molecular flexibility index (Phi) is 4.86. The third-order valence-corrected chi connectivity index (χ3v) is 2.17. The Morgan fingerprint density at radius 1 is 1.17 bits per heavy atom. The van der Waals surface area contributed by atoms with Gasteiger partial charge in [-0.15, -0.1) is 0 Å². The third-order valence-electron chi connectivity index (χ3n) is 2.17. The molecule has 0 aromatic heterocycles. The maximum Gasteiger partial charge on any atom is 0.408 e. The van der Waals surface area contributed by atoms with Crippen LogP contribution in [0.1, 0.15) is 5.56 Å². The summed E-state index contributed by atoms with van der Waals surface area (Å²) in [6.07, 6.45) is 1.76. The Labute approximate surface area is 105 Å². The molecule has 0 atom stereocenters. The van der Waals surface area contributed by atoms with Crippen molar-refractivity contribution in [2.24, 2.45) is 0 Å². The molecule has 98 valence electrons. The first-order valence-electron chi connectivity index (χ1n) is 5.08. The molecule has 6 heteroatoms. The number of nitrogens with one attached hydrogen (secondary N) is 1. The van der Waals surface area contributed by atoms with E-state index in [4.69, 9.17) is 19.3 Å².